The van der Waals surface area contributed by atoms with Gasteiger partial charge in [0.05, 0.1) is 12.2 Å². The van der Waals surface area contributed by atoms with Crippen molar-refractivity contribution in [2.24, 2.45) is 5.92 Å². The molecule has 3 nitrogen and oxygen atoms in total. The summed E-state index contributed by atoms with van der Waals surface area (Å²) in [5.41, 5.74) is 1.000. The van der Waals surface area contributed by atoms with Gasteiger partial charge in [-0.25, -0.2) is 0 Å². The Morgan fingerprint density at radius 2 is 1.89 bits per heavy atom. The molecule has 1 saturated carbocycles. The first kappa shape index (κ1) is 12.8. The number of halogens is 2. The lowest BCUT2D eigenvalue weighted by molar-refractivity contribution is -0.0513. The Morgan fingerprint density at radius 3 is 2.53 bits per heavy atom. The molecule has 19 heavy (non-hydrogen) atoms. The fraction of sp³-hybridized carbons (Fsp3) is 0.571. The lowest BCUT2D eigenvalue weighted by Crippen LogP contribution is -2.41. The van der Waals surface area contributed by atoms with Gasteiger partial charge in [-0.15, -0.1) is 0 Å². The Hall–Kier alpha value is -1.20. The molecule has 1 N–H and O–H groups in total. The highest BCUT2D eigenvalue weighted by molar-refractivity contribution is 5.29. The van der Waals surface area contributed by atoms with Gasteiger partial charge in [0.1, 0.15) is 5.75 Å². The zero-order chi connectivity index (χ0) is 13.2. The average molecular weight is 269 g/mol. The molecule has 1 saturated heterocycles. The lowest BCUT2D eigenvalue weighted by Gasteiger charge is -2.31. The van der Waals surface area contributed by atoms with E-state index in [2.05, 4.69) is 10.1 Å². The van der Waals surface area contributed by atoms with Crippen molar-refractivity contribution in [3.63, 3.8) is 0 Å². The van der Waals surface area contributed by atoms with Crippen molar-refractivity contribution < 1.29 is 18.3 Å². The molecule has 2 atom stereocenters. The maximum absolute atomic E-state index is 12.1. The summed E-state index contributed by atoms with van der Waals surface area (Å²) < 4.78 is 34.5. The van der Waals surface area contributed by atoms with Gasteiger partial charge in [0, 0.05) is 13.1 Å². The monoisotopic (exact) mass is 269 g/mol. The molecular weight excluding hydrogens is 252 g/mol. The van der Waals surface area contributed by atoms with E-state index in [4.69, 9.17) is 4.74 Å². The highest BCUT2D eigenvalue weighted by Gasteiger charge is 2.35. The number of alkyl halides is 2. The molecule has 5 heteroatoms. The molecule has 1 aromatic carbocycles. The van der Waals surface area contributed by atoms with Crippen LogP contribution in [0.1, 0.15) is 24.5 Å². The van der Waals surface area contributed by atoms with E-state index in [1.165, 1.54) is 12.8 Å². The van der Waals surface area contributed by atoms with E-state index >= 15 is 0 Å². The number of nitrogens with one attached hydrogen (secondary N) is 1. The van der Waals surface area contributed by atoms with Gasteiger partial charge in [-0.05, 0) is 36.5 Å². The van der Waals surface area contributed by atoms with Crippen LogP contribution in [-0.2, 0) is 4.74 Å². The van der Waals surface area contributed by atoms with Gasteiger partial charge in [-0.2, -0.15) is 8.78 Å². The molecule has 0 spiro atoms. The van der Waals surface area contributed by atoms with Crippen molar-refractivity contribution in [2.75, 3.05) is 13.1 Å². The highest BCUT2D eigenvalue weighted by Crippen LogP contribution is 2.37. The molecule has 1 aliphatic carbocycles. The molecule has 0 aromatic heterocycles. The van der Waals surface area contributed by atoms with E-state index in [-0.39, 0.29) is 18.0 Å². The highest BCUT2D eigenvalue weighted by atomic mass is 19.3. The minimum Gasteiger partial charge on any atom is -0.435 e. The number of morpholine rings is 1. The van der Waals surface area contributed by atoms with Crippen molar-refractivity contribution in [3.8, 4) is 5.75 Å². The van der Waals surface area contributed by atoms with Crippen molar-refractivity contribution in [1.82, 2.24) is 5.32 Å². The second-order valence-corrected chi connectivity index (χ2v) is 5.11. The zero-order valence-corrected chi connectivity index (χ0v) is 10.5. The Morgan fingerprint density at radius 1 is 1.16 bits per heavy atom. The first-order valence-corrected chi connectivity index (χ1v) is 6.63. The number of ether oxygens (including phenoxy) is 2. The minimum absolute atomic E-state index is 0.0000463. The summed E-state index contributed by atoms with van der Waals surface area (Å²) in [6, 6.07) is 6.70. The van der Waals surface area contributed by atoms with E-state index in [1.807, 2.05) is 0 Å². The molecule has 104 valence electrons. The predicted octanol–water partition coefficient (Wildman–Crippen LogP) is 2.73. The van der Waals surface area contributed by atoms with Crippen LogP contribution in [0.5, 0.6) is 5.75 Å². The Labute approximate surface area is 110 Å². The van der Waals surface area contributed by atoms with Crippen LogP contribution < -0.4 is 10.1 Å². The van der Waals surface area contributed by atoms with Gasteiger partial charge >= 0.3 is 6.61 Å². The quantitative estimate of drug-likeness (QED) is 0.911. The summed E-state index contributed by atoms with van der Waals surface area (Å²) >= 11 is 0. The second-order valence-electron chi connectivity index (χ2n) is 5.11. The molecule has 2 unspecified atom stereocenters. The largest absolute Gasteiger partial charge is 0.435 e. The van der Waals surface area contributed by atoms with Gasteiger partial charge in [-0.3, -0.25) is 0 Å². The molecule has 1 heterocycles. The number of hydrogen-bond acceptors (Lipinski definition) is 3. The van der Waals surface area contributed by atoms with Crippen molar-refractivity contribution >= 4 is 0 Å². The average Bonchev–Trinajstić information content (AvgIpc) is 3.23. The maximum atomic E-state index is 12.1. The SMILES string of the molecule is FC(F)Oc1ccc(C2CNCC(C3CC3)O2)cc1. The Kier molecular flexibility index (Phi) is 3.66. The summed E-state index contributed by atoms with van der Waals surface area (Å²) in [6.45, 7) is -1.11. The number of hydrogen-bond donors (Lipinski definition) is 1. The van der Waals surface area contributed by atoms with Gasteiger partial charge in [0.2, 0.25) is 0 Å². The van der Waals surface area contributed by atoms with Crippen molar-refractivity contribution in [3.05, 3.63) is 29.8 Å². The van der Waals surface area contributed by atoms with Crippen LogP contribution in [0.25, 0.3) is 0 Å². The number of benzene rings is 1. The molecule has 0 radical (unpaired) electrons. The van der Waals surface area contributed by atoms with Crippen molar-refractivity contribution in [1.29, 1.82) is 0 Å². The molecule has 2 fully saturated rings. The molecule has 2 aliphatic rings. The summed E-state index contributed by atoms with van der Waals surface area (Å²) in [5, 5.41) is 3.38. The normalized spacial score (nSPS) is 27.5. The van der Waals surface area contributed by atoms with E-state index < -0.39 is 6.61 Å². The van der Waals surface area contributed by atoms with E-state index in [0.29, 0.717) is 5.92 Å². The maximum Gasteiger partial charge on any atom is 0.387 e. The first-order valence-electron chi connectivity index (χ1n) is 6.63. The molecule has 1 aromatic rings. The number of rotatable bonds is 4. The lowest BCUT2D eigenvalue weighted by atomic mass is 10.1. The van der Waals surface area contributed by atoms with Crippen LogP contribution >= 0.6 is 0 Å². The third-order valence-corrected chi connectivity index (χ3v) is 3.64. The third kappa shape index (κ3) is 3.22. The van der Waals surface area contributed by atoms with E-state index in [9.17, 15) is 8.78 Å². The summed E-state index contributed by atoms with van der Waals surface area (Å²) in [7, 11) is 0. The fourth-order valence-electron chi connectivity index (χ4n) is 2.47. The fourth-order valence-corrected chi connectivity index (χ4v) is 2.47. The smallest absolute Gasteiger partial charge is 0.387 e. The summed E-state index contributed by atoms with van der Waals surface area (Å²) in [6.07, 6.45) is 2.79. The molecular formula is C14H17F2NO2. The zero-order valence-electron chi connectivity index (χ0n) is 10.5. The molecule has 1 aliphatic heterocycles. The van der Waals surface area contributed by atoms with E-state index in [1.54, 1.807) is 24.3 Å². The topological polar surface area (TPSA) is 30.5 Å². The van der Waals surface area contributed by atoms with Crippen LogP contribution in [0.3, 0.4) is 0 Å². The minimum atomic E-state index is -2.78. The van der Waals surface area contributed by atoms with Gasteiger partial charge in [0.15, 0.2) is 0 Å². The van der Waals surface area contributed by atoms with Crippen LogP contribution in [0, 0.1) is 5.92 Å². The third-order valence-electron chi connectivity index (χ3n) is 3.64. The predicted molar refractivity (Wildman–Crippen MR) is 66.3 cm³/mol. The van der Waals surface area contributed by atoms with Crippen LogP contribution in [-0.4, -0.2) is 25.8 Å². The van der Waals surface area contributed by atoms with Crippen molar-refractivity contribution in [2.45, 2.75) is 31.7 Å². The van der Waals surface area contributed by atoms with Gasteiger partial charge < -0.3 is 14.8 Å². The van der Waals surface area contributed by atoms with E-state index in [0.717, 1.165) is 18.7 Å². The molecule has 3 rings (SSSR count). The van der Waals surface area contributed by atoms with Crippen LogP contribution in [0.4, 0.5) is 8.78 Å². The standard InChI is InChI=1S/C14H17F2NO2/c15-14(16)18-11-5-3-10(4-6-11)13-8-17-7-12(19-13)9-1-2-9/h3-6,9,12-14,17H,1-2,7-8H2. The van der Waals surface area contributed by atoms with Crippen LogP contribution in [0.15, 0.2) is 24.3 Å². The Balaban J connectivity index is 1.64. The van der Waals surface area contributed by atoms with Gasteiger partial charge in [-0.1, -0.05) is 12.1 Å². The summed E-state index contributed by atoms with van der Waals surface area (Å²) in [4.78, 5) is 0. The summed E-state index contributed by atoms with van der Waals surface area (Å²) in [5.74, 6) is 0.873. The second kappa shape index (κ2) is 5.43. The van der Waals surface area contributed by atoms with Crippen LogP contribution in [0.2, 0.25) is 0 Å². The molecule has 0 bridgehead atoms. The van der Waals surface area contributed by atoms with Gasteiger partial charge in [0.25, 0.3) is 0 Å². The molecule has 0 amide bonds. The Bertz CT molecular complexity index is 420. The first-order chi connectivity index (χ1) is 9.22.